The summed E-state index contributed by atoms with van der Waals surface area (Å²) in [5.74, 6) is -7.45. The van der Waals surface area contributed by atoms with Crippen LogP contribution in [0.5, 0.6) is 11.5 Å². The zero-order chi connectivity index (χ0) is 23.9. The predicted molar refractivity (Wildman–Crippen MR) is 113 cm³/mol. The molecule has 0 fully saturated rings. The summed E-state index contributed by atoms with van der Waals surface area (Å²) in [4.78, 5) is 39.8. The summed E-state index contributed by atoms with van der Waals surface area (Å²) in [6.45, 7) is 1.62. The van der Waals surface area contributed by atoms with E-state index >= 15 is 0 Å². The van der Waals surface area contributed by atoms with Crippen LogP contribution in [0.1, 0.15) is 21.5 Å². The quantitative estimate of drug-likeness (QED) is 0.332. The molecule has 5 N–H and O–H groups in total. The lowest BCUT2D eigenvalue weighted by atomic mass is 9.61. The van der Waals surface area contributed by atoms with E-state index in [1.165, 1.54) is 31.1 Å². The van der Waals surface area contributed by atoms with Crippen molar-refractivity contribution < 1.29 is 39.9 Å². The smallest absolute Gasteiger partial charge is 0.342 e. The molecule has 10 heteroatoms. The lowest BCUT2D eigenvalue weighted by Crippen LogP contribution is -2.65. The summed E-state index contributed by atoms with van der Waals surface area (Å²) in [5.41, 5.74) is -3.58. The van der Waals surface area contributed by atoms with Crippen LogP contribution in [-0.4, -0.2) is 73.7 Å². The average Bonchev–Trinajstić information content (AvgIpc) is 2.69. The highest BCUT2D eigenvalue weighted by atomic mass is 35.5. The van der Waals surface area contributed by atoms with Gasteiger partial charge in [-0.15, -0.1) is 0 Å². The van der Waals surface area contributed by atoms with Crippen molar-refractivity contribution in [2.75, 3.05) is 14.1 Å². The number of fused-ring (bicyclic) bond motifs is 3. The first-order valence-electron chi connectivity index (χ1n) is 9.66. The highest BCUT2D eigenvalue weighted by Crippen LogP contribution is 2.51. The molecule has 0 spiro atoms. The van der Waals surface area contributed by atoms with E-state index in [2.05, 4.69) is 0 Å². The summed E-state index contributed by atoms with van der Waals surface area (Å²) in [7, 11) is 3.02. The van der Waals surface area contributed by atoms with Gasteiger partial charge in [0.25, 0.3) is 0 Å². The maximum absolute atomic E-state index is 13.6. The number of hydrogen-bond donors (Lipinski definition) is 5. The fraction of sp³-hybridized carbons (Fsp3) is 0.318. The van der Waals surface area contributed by atoms with Crippen LogP contribution in [0.15, 0.2) is 23.5 Å². The number of likely N-dealkylation sites (N-methyl/N-ethyl adjacent to an activating group) is 1. The standard InChI is InChI=1S/C22H20ClNO8/c1-7-8-6-9-16(24(2)3)18(27)15(21(30)31)20(29)22(9,32)19(28)13(8)17(26)14-11(25)5-4-10(23)12(7)14/h4-5,9,16,25-27,32H,6H2,1-3H3,(H,30,31). The second-order valence-corrected chi connectivity index (χ2v) is 8.76. The van der Waals surface area contributed by atoms with Gasteiger partial charge in [-0.25, -0.2) is 4.79 Å². The largest absolute Gasteiger partial charge is 0.510 e. The number of aliphatic hydroxyl groups excluding tert-OH is 1. The third-order valence-electron chi connectivity index (χ3n) is 6.53. The Morgan fingerprint density at radius 3 is 2.31 bits per heavy atom. The predicted octanol–water partition coefficient (Wildman–Crippen LogP) is 1.71. The molecular formula is C22H20ClNO8. The van der Waals surface area contributed by atoms with Gasteiger partial charge >= 0.3 is 5.97 Å². The van der Waals surface area contributed by atoms with Crippen LogP contribution >= 0.6 is 11.6 Å². The number of phenolic OH excluding ortho intramolecular Hbond substituents is 2. The Hall–Kier alpha value is -3.14. The molecule has 4 rings (SSSR count). The topological polar surface area (TPSA) is 156 Å². The Morgan fingerprint density at radius 2 is 1.75 bits per heavy atom. The van der Waals surface area contributed by atoms with Gasteiger partial charge in [-0.2, -0.15) is 0 Å². The van der Waals surface area contributed by atoms with Crippen LogP contribution in [0, 0.1) is 12.8 Å². The van der Waals surface area contributed by atoms with Crippen LogP contribution in [-0.2, 0) is 16.0 Å². The molecule has 2 aliphatic carbocycles. The SMILES string of the molecule is Cc1c2c(c(O)c3c(O)ccc(Cl)c13)C(=O)C1(O)C(=O)C(C(=O)O)=C(O)C(N(C)C)C1C2. The first-order valence-corrected chi connectivity index (χ1v) is 10.0. The van der Waals surface area contributed by atoms with E-state index in [4.69, 9.17) is 11.6 Å². The Morgan fingerprint density at radius 1 is 1.12 bits per heavy atom. The van der Waals surface area contributed by atoms with Crippen molar-refractivity contribution in [3.8, 4) is 11.5 Å². The molecule has 3 atom stereocenters. The maximum Gasteiger partial charge on any atom is 0.342 e. The van der Waals surface area contributed by atoms with Gasteiger partial charge in [0.2, 0.25) is 11.6 Å². The minimum Gasteiger partial charge on any atom is -0.510 e. The van der Waals surface area contributed by atoms with E-state index < -0.39 is 52.2 Å². The summed E-state index contributed by atoms with van der Waals surface area (Å²) in [6.07, 6.45) is -0.148. The molecule has 2 aromatic carbocycles. The number of aromatic hydroxyl groups is 2. The van der Waals surface area contributed by atoms with Crippen molar-refractivity contribution in [1.29, 1.82) is 0 Å². The van der Waals surface area contributed by atoms with E-state index in [0.29, 0.717) is 10.9 Å². The van der Waals surface area contributed by atoms with Gasteiger partial charge in [0.05, 0.1) is 17.0 Å². The maximum atomic E-state index is 13.6. The van der Waals surface area contributed by atoms with Crippen LogP contribution in [0.2, 0.25) is 5.02 Å². The fourth-order valence-corrected chi connectivity index (χ4v) is 5.37. The molecule has 3 unspecified atom stereocenters. The number of aryl methyl sites for hydroxylation is 1. The van der Waals surface area contributed by atoms with E-state index in [9.17, 15) is 39.9 Å². The summed E-state index contributed by atoms with van der Waals surface area (Å²) in [6, 6.07) is 1.50. The van der Waals surface area contributed by atoms with Crippen LogP contribution in [0.25, 0.3) is 10.8 Å². The molecular weight excluding hydrogens is 442 g/mol. The van der Waals surface area contributed by atoms with Crippen molar-refractivity contribution in [3.63, 3.8) is 0 Å². The third kappa shape index (κ3) is 2.55. The molecule has 0 aliphatic heterocycles. The first kappa shape index (κ1) is 22.1. The average molecular weight is 462 g/mol. The van der Waals surface area contributed by atoms with Gasteiger partial charge in [0.15, 0.2) is 5.60 Å². The number of Topliss-reactive ketones (excluding diaryl/α,β-unsaturated/α-hetero) is 2. The minimum atomic E-state index is -2.84. The lowest BCUT2D eigenvalue weighted by molar-refractivity contribution is -0.145. The molecule has 0 bridgehead atoms. The third-order valence-corrected chi connectivity index (χ3v) is 6.85. The molecule has 0 saturated carbocycles. The number of hydrogen-bond acceptors (Lipinski definition) is 8. The van der Waals surface area contributed by atoms with Crippen LogP contribution < -0.4 is 0 Å². The van der Waals surface area contributed by atoms with Crippen LogP contribution in [0.3, 0.4) is 0 Å². The number of aliphatic carboxylic acids is 1. The number of carbonyl (C=O) groups excluding carboxylic acids is 2. The van der Waals surface area contributed by atoms with Crippen molar-refractivity contribution in [2.45, 2.75) is 25.0 Å². The Bertz CT molecular complexity index is 1280. The molecule has 168 valence electrons. The van der Waals surface area contributed by atoms with Gasteiger partial charge in [-0.3, -0.25) is 14.5 Å². The normalized spacial score (nSPS) is 25.3. The van der Waals surface area contributed by atoms with E-state index in [-0.39, 0.29) is 33.7 Å². The van der Waals surface area contributed by atoms with Crippen molar-refractivity contribution in [1.82, 2.24) is 4.90 Å². The van der Waals surface area contributed by atoms with E-state index in [1.54, 1.807) is 6.92 Å². The molecule has 0 radical (unpaired) electrons. The Kier molecular flexibility index (Phi) is 4.78. The zero-order valence-electron chi connectivity index (χ0n) is 17.3. The second-order valence-electron chi connectivity index (χ2n) is 8.35. The number of aliphatic hydroxyl groups is 2. The number of phenols is 2. The van der Waals surface area contributed by atoms with Crippen LogP contribution in [0.4, 0.5) is 0 Å². The molecule has 0 amide bonds. The number of carboxylic acids is 1. The summed E-state index contributed by atoms with van der Waals surface area (Å²) < 4.78 is 0. The number of rotatable bonds is 2. The monoisotopic (exact) mass is 461 g/mol. The van der Waals surface area contributed by atoms with Crippen molar-refractivity contribution in [3.05, 3.63) is 45.2 Å². The molecule has 2 aromatic rings. The Balaban J connectivity index is 2.11. The molecule has 32 heavy (non-hydrogen) atoms. The molecule has 0 saturated heterocycles. The number of benzene rings is 2. The van der Waals surface area contributed by atoms with Crippen molar-refractivity contribution >= 4 is 39.9 Å². The number of halogens is 1. The molecule has 9 nitrogen and oxygen atoms in total. The highest BCUT2D eigenvalue weighted by Gasteiger charge is 2.63. The van der Waals surface area contributed by atoms with Gasteiger partial charge < -0.3 is 25.5 Å². The first-order chi connectivity index (χ1) is 14.8. The fourth-order valence-electron chi connectivity index (χ4n) is 5.07. The second kappa shape index (κ2) is 6.93. The molecule has 0 heterocycles. The van der Waals surface area contributed by atoms with Gasteiger partial charge in [-0.05, 0) is 50.7 Å². The highest BCUT2D eigenvalue weighted by molar-refractivity contribution is 6.37. The number of carboxylic acid groups (broad SMARTS) is 1. The van der Waals surface area contributed by atoms with Crippen molar-refractivity contribution in [2.24, 2.45) is 5.92 Å². The lowest BCUT2D eigenvalue weighted by Gasteiger charge is -2.47. The number of nitrogens with zero attached hydrogens (tertiary/aromatic N) is 1. The van der Waals surface area contributed by atoms with Gasteiger partial charge in [0.1, 0.15) is 22.8 Å². The molecule has 2 aliphatic rings. The summed E-state index contributed by atoms with van der Waals surface area (Å²) >= 11 is 6.30. The molecule has 0 aromatic heterocycles. The summed E-state index contributed by atoms with van der Waals surface area (Å²) in [5, 5.41) is 53.2. The van der Waals surface area contributed by atoms with Gasteiger partial charge in [0, 0.05) is 16.3 Å². The van der Waals surface area contributed by atoms with E-state index in [1.807, 2.05) is 0 Å². The van der Waals surface area contributed by atoms with E-state index in [0.717, 1.165) is 0 Å². The number of carbonyl (C=O) groups is 3. The minimum absolute atomic E-state index is 0.117. The number of ketones is 2. The zero-order valence-corrected chi connectivity index (χ0v) is 18.1. The Labute approximate surface area is 186 Å². The van der Waals surface area contributed by atoms with Gasteiger partial charge in [-0.1, -0.05) is 11.6 Å².